The lowest BCUT2D eigenvalue weighted by molar-refractivity contribution is -0.116. The average molecular weight is 447 g/mol. The van der Waals surface area contributed by atoms with Crippen LogP contribution in [0.2, 0.25) is 0 Å². The first-order chi connectivity index (χ1) is 15.5. The Kier molecular flexibility index (Phi) is 8.51. The van der Waals surface area contributed by atoms with E-state index in [1.54, 1.807) is 0 Å². The SMILES string of the molecule is CCCC(=O)Nc1ccc(SC(C(=O)Nc2c(C)cccc2CC)c2ccccc2)cc1. The second-order valence-electron chi connectivity index (χ2n) is 7.68. The topological polar surface area (TPSA) is 58.2 Å². The van der Waals surface area contributed by atoms with Crippen molar-refractivity contribution in [3.05, 3.63) is 89.5 Å². The molecule has 2 N–H and O–H groups in total. The van der Waals surface area contributed by atoms with Crippen molar-refractivity contribution in [1.82, 2.24) is 0 Å². The van der Waals surface area contributed by atoms with Crippen molar-refractivity contribution in [1.29, 1.82) is 0 Å². The number of hydrogen-bond donors (Lipinski definition) is 2. The summed E-state index contributed by atoms with van der Waals surface area (Å²) in [7, 11) is 0. The highest BCUT2D eigenvalue weighted by Crippen LogP contribution is 2.37. The highest BCUT2D eigenvalue weighted by Gasteiger charge is 2.23. The number of carbonyl (C=O) groups excluding carboxylic acids is 2. The normalized spacial score (nSPS) is 11.6. The summed E-state index contributed by atoms with van der Waals surface area (Å²) < 4.78 is 0. The van der Waals surface area contributed by atoms with E-state index in [1.165, 1.54) is 11.8 Å². The van der Waals surface area contributed by atoms with Gasteiger partial charge in [-0.3, -0.25) is 9.59 Å². The summed E-state index contributed by atoms with van der Waals surface area (Å²) in [5.74, 6) is -0.0371. The highest BCUT2D eigenvalue weighted by molar-refractivity contribution is 8.00. The zero-order valence-electron chi connectivity index (χ0n) is 18.9. The Bertz CT molecular complexity index is 1050. The number of carbonyl (C=O) groups is 2. The Morgan fingerprint density at radius 1 is 0.875 bits per heavy atom. The molecule has 32 heavy (non-hydrogen) atoms. The van der Waals surface area contributed by atoms with Crippen molar-refractivity contribution < 1.29 is 9.59 Å². The maximum absolute atomic E-state index is 13.4. The third kappa shape index (κ3) is 6.24. The Morgan fingerprint density at radius 3 is 2.25 bits per heavy atom. The van der Waals surface area contributed by atoms with Gasteiger partial charge in [0.05, 0.1) is 0 Å². The predicted molar refractivity (Wildman–Crippen MR) is 134 cm³/mol. The standard InChI is InChI=1S/C27H30N2O2S/c1-4-10-24(30)28-22-15-17-23(18-16-22)32-26(21-12-7-6-8-13-21)27(31)29-25-19(3)11-9-14-20(25)5-2/h6-9,11-18,26H,4-5,10H2,1-3H3,(H,28,30)(H,29,31). The van der Waals surface area contributed by atoms with E-state index in [-0.39, 0.29) is 11.8 Å². The number of aryl methyl sites for hydroxylation is 2. The van der Waals surface area contributed by atoms with Crippen LogP contribution in [-0.2, 0) is 16.0 Å². The van der Waals surface area contributed by atoms with Crippen molar-refractivity contribution >= 4 is 35.0 Å². The number of benzene rings is 3. The van der Waals surface area contributed by atoms with E-state index in [2.05, 4.69) is 23.6 Å². The van der Waals surface area contributed by atoms with Gasteiger partial charge in [-0.1, -0.05) is 62.4 Å². The molecule has 0 fully saturated rings. The van der Waals surface area contributed by atoms with Gasteiger partial charge in [0.25, 0.3) is 0 Å². The van der Waals surface area contributed by atoms with Crippen molar-refractivity contribution in [2.45, 2.75) is 50.2 Å². The van der Waals surface area contributed by atoms with E-state index in [9.17, 15) is 9.59 Å². The molecule has 3 aromatic rings. The van der Waals surface area contributed by atoms with Gasteiger partial charge in [-0.25, -0.2) is 0 Å². The molecule has 3 aromatic carbocycles. The number of para-hydroxylation sites is 1. The Hall–Kier alpha value is -3.05. The molecule has 166 valence electrons. The maximum Gasteiger partial charge on any atom is 0.242 e. The van der Waals surface area contributed by atoms with Crippen LogP contribution in [0.15, 0.2) is 77.7 Å². The molecule has 1 atom stereocenters. The third-order valence-corrected chi connectivity index (χ3v) is 6.46. The van der Waals surface area contributed by atoms with Gasteiger partial charge in [-0.15, -0.1) is 11.8 Å². The van der Waals surface area contributed by atoms with Crippen LogP contribution in [0.3, 0.4) is 0 Å². The zero-order valence-corrected chi connectivity index (χ0v) is 19.7. The molecule has 0 aliphatic rings. The minimum Gasteiger partial charge on any atom is -0.326 e. The summed E-state index contributed by atoms with van der Waals surface area (Å²) in [6.07, 6.45) is 2.17. The second-order valence-corrected chi connectivity index (χ2v) is 8.86. The lowest BCUT2D eigenvalue weighted by atomic mass is 10.1. The lowest BCUT2D eigenvalue weighted by Crippen LogP contribution is -2.20. The molecule has 4 nitrogen and oxygen atoms in total. The summed E-state index contributed by atoms with van der Waals surface area (Å²) in [6, 6.07) is 23.6. The fraction of sp³-hybridized carbons (Fsp3) is 0.259. The van der Waals surface area contributed by atoms with E-state index in [0.29, 0.717) is 6.42 Å². The van der Waals surface area contributed by atoms with Gasteiger partial charge in [0.15, 0.2) is 0 Å². The zero-order chi connectivity index (χ0) is 22.9. The smallest absolute Gasteiger partial charge is 0.242 e. The van der Waals surface area contributed by atoms with E-state index < -0.39 is 5.25 Å². The average Bonchev–Trinajstić information content (AvgIpc) is 2.80. The van der Waals surface area contributed by atoms with Crippen LogP contribution in [0.25, 0.3) is 0 Å². The molecule has 0 aliphatic carbocycles. The second kappa shape index (κ2) is 11.5. The minimum atomic E-state index is -0.402. The lowest BCUT2D eigenvalue weighted by Gasteiger charge is -2.20. The van der Waals surface area contributed by atoms with Crippen molar-refractivity contribution in [3.8, 4) is 0 Å². The van der Waals surface area contributed by atoms with Crippen molar-refractivity contribution in [3.63, 3.8) is 0 Å². The summed E-state index contributed by atoms with van der Waals surface area (Å²) >= 11 is 1.50. The van der Waals surface area contributed by atoms with Gasteiger partial charge < -0.3 is 10.6 Å². The van der Waals surface area contributed by atoms with Crippen LogP contribution in [0, 0.1) is 6.92 Å². The van der Waals surface area contributed by atoms with Crippen LogP contribution in [-0.4, -0.2) is 11.8 Å². The van der Waals surface area contributed by atoms with Gasteiger partial charge in [-0.05, 0) is 60.7 Å². The molecule has 0 aromatic heterocycles. The van der Waals surface area contributed by atoms with Crippen LogP contribution in [0.4, 0.5) is 11.4 Å². The minimum absolute atomic E-state index is 0.0133. The summed E-state index contributed by atoms with van der Waals surface area (Å²) in [4.78, 5) is 26.2. The molecule has 0 aliphatic heterocycles. The number of amides is 2. The molecule has 0 saturated heterocycles. The molecule has 0 radical (unpaired) electrons. The van der Waals surface area contributed by atoms with Gasteiger partial charge >= 0.3 is 0 Å². The van der Waals surface area contributed by atoms with E-state index in [1.807, 2.05) is 80.6 Å². The molecular weight excluding hydrogens is 416 g/mol. The van der Waals surface area contributed by atoms with Crippen LogP contribution >= 0.6 is 11.8 Å². The van der Waals surface area contributed by atoms with E-state index in [0.717, 1.165) is 45.8 Å². The molecule has 0 heterocycles. The monoisotopic (exact) mass is 446 g/mol. The molecule has 0 saturated carbocycles. The number of nitrogens with one attached hydrogen (secondary N) is 2. The number of hydrogen-bond acceptors (Lipinski definition) is 3. The fourth-order valence-electron chi connectivity index (χ4n) is 3.49. The number of anilines is 2. The summed E-state index contributed by atoms with van der Waals surface area (Å²) in [5.41, 5.74) is 4.79. The quantitative estimate of drug-likeness (QED) is 0.357. The largest absolute Gasteiger partial charge is 0.326 e. The molecule has 3 rings (SSSR count). The van der Waals surface area contributed by atoms with Crippen molar-refractivity contribution in [2.24, 2.45) is 0 Å². The molecule has 5 heteroatoms. The first-order valence-corrected chi connectivity index (χ1v) is 11.9. The first-order valence-electron chi connectivity index (χ1n) is 11.0. The summed E-state index contributed by atoms with van der Waals surface area (Å²) in [5, 5.41) is 5.68. The van der Waals surface area contributed by atoms with Crippen molar-refractivity contribution in [2.75, 3.05) is 10.6 Å². The third-order valence-electron chi connectivity index (χ3n) is 5.20. The van der Waals surface area contributed by atoms with Crippen LogP contribution < -0.4 is 10.6 Å². The Balaban J connectivity index is 1.82. The molecule has 2 amide bonds. The van der Waals surface area contributed by atoms with Crippen LogP contribution in [0.5, 0.6) is 0 Å². The Labute approximate surface area is 194 Å². The van der Waals surface area contributed by atoms with E-state index >= 15 is 0 Å². The first kappa shape index (κ1) is 23.6. The maximum atomic E-state index is 13.4. The highest BCUT2D eigenvalue weighted by atomic mass is 32.2. The summed E-state index contributed by atoms with van der Waals surface area (Å²) in [6.45, 7) is 6.09. The van der Waals surface area contributed by atoms with Crippen LogP contribution in [0.1, 0.15) is 48.6 Å². The predicted octanol–water partition coefficient (Wildman–Crippen LogP) is 6.77. The van der Waals surface area contributed by atoms with Gasteiger partial charge in [0.1, 0.15) is 5.25 Å². The molecule has 0 bridgehead atoms. The number of thioether (sulfide) groups is 1. The molecule has 1 unspecified atom stereocenters. The van der Waals surface area contributed by atoms with E-state index in [4.69, 9.17) is 0 Å². The molecular formula is C27H30N2O2S. The number of rotatable bonds is 9. The molecule has 0 spiro atoms. The van der Waals surface area contributed by atoms with Gasteiger partial charge in [-0.2, -0.15) is 0 Å². The van der Waals surface area contributed by atoms with Gasteiger partial charge in [0, 0.05) is 22.7 Å². The Morgan fingerprint density at radius 2 is 1.59 bits per heavy atom. The van der Waals surface area contributed by atoms with Gasteiger partial charge in [0.2, 0.25) is 11.8 Å². The fourth-order valence-corrected chi connectivity index (χ4v) is 4.52.